The molecule has 0 atom stereocenters. The minimum Gasteiger partial charge on any atom is -0.378 e. The van der Waals surface area contributed by atoms with Gasteiger partial charge in [0.05, 0.1) is 13.2 Å². The van der Waals surface area contributed by atoms with Crippen molar-refractivity contribution in [3.05, 3.63) is 35.8 Å². The van der Waals surface area contributed by atoms with Gasteiger partial charge in [0.2, 0.25) is 0 Å². The van der Waals surface area contributed by atoms with Gasteiger partial charge in [-0.25, -0.2) is 14.4 Å². The fourth-order valence-electron chi connectivity index (χ4n) is 3.69. The van der Waals surface area contributed by atoms with E-state index in [-0.39, 0.29) is 11.7 Å². The van der Waals surface area contributed by atoms with Crippen molar-refractivity contribution in [2.75, 3.05) is 67.6 Å². The zero-order valence-electron chi connectivity index (χ0n) is 17.1. The first-order chi connectivity index (χ1) is 14.1. The zero-order chi connectivity index (χ0) is 20.2. The second-order valence-electron chi connectivity index (χ2n) is 7.78. The second-order valence-corrected chi connectivity index (χ2v) is 7.78. The Morgan fingerprint density at radius 2 is 1.79 bits per heavy atom. The third-order valence-electron chi connectivity index (χ3n) is 5.37. The number of anilines is 4. The Morgan fingerprint density at radius 3 is 2.48 bits per heavy atom. The summed E-state index contributed by atoms with van der Waals surface area (Å²) in [5.74, 6) is 1.89. The standard InChI is InChI=1S/C21H29FN6O/c1-15(2)17-14-24-19(13-18(17)22)25-20-11-16(27-5-3-23-4-6-27)12-21(26-20)28-7-9-29-10-8-28/h11-15,23H,3-10H2,1-2H3,(H,24,25,26). The molecule has 0 aromatic carbocycles. The number of hydrogen-bond acceptors (Lipinski definition) is 7. The number of piperazine rings is 1. The summed E-state index contributed by atoms with van der Waals surface area (Å²) in [4.78, 5) is 13.8. The lowest BCUT2D eigenvalue weighted by Crippen LogP contribution is -2.43. The third-order valence-corrected chi connectivity index (χ3v) is 5.37. The molecule has 2 saturated heterocycles. The fraction of sp³-hybridized carbons (Fsp3) is 0.524. The predicted molar refractivity (Wildman–Crippen MR) is 114 cm³/mol. The number of rotatable bonds is 5. The van der Waals surface area contributed by atoms with Gasteiger partial charge < -0.3 is 25.2 Å². The van der Waals surface area contributed by atoms with E-state index in [0.717, 1.165) is 50.8 Å². The van der Waals surface area contributed by atoms with E-state index in [1.54, 1.807) is 6.20 Å². The van der Waals surface area contributed by atoms with Crippen LogP contribution in [0.25, 0.3) is 0 Å². The average Bonchev–Trinajstić information content (AvgIpc) is 2.74. The molecule has 0 unspecified atom stereocenters. The van der Waals surface area contributed by atoms with Gasteiger partial charge in [-0.05, 0) is 5.92 Å². The van der Waals surface area contributed by atoms with Crippen LogP contribution in [-0.2, 0) is 4.74 Å². The Balaban J connectivity index is 1.63. The zero-order valence-corrected chi connectivity index (χ0v) is 17.1. The van der Waals surface area contributed by atoms with Crippen LogP contribution in [0.1, 0.15) is 25.3 Å². The van der Waals surface area contributed by atoms with E-state index in [4.69, 9.17) is 9.72 Å². The highest BCUT2D eigenvalue weighted by Crippen LogP contribution is 2.28. The highest BCUT2D eigenvalue weighted by atomic mass is 19.1. The van der Waals surface area contributed by atoms with Gasteiger partial charge in [0.15, 0.2) is 0 Å². The lowest BCUT2D eigenvalue weighted by molar-refractivity contribution is 0.122. The van der Waals surface area contributed by atoms with Crippen molar-refractivity contribution in [1.29, 1.82) is 0 Å². The molecule has 4 heterocycles. The van der Waals surface area contributed by atoms with Gasteiger partial charge in [-0.2, -0.15) is 0 Å². The summed E-state index contributed by atoms with van der Waals surface area (Å²) in [5, 5.41) is 6.59. The molecule has 2 aromatic heterocycles. The number of nitrogens with zero attached hydrogens (tertiary/aromatic N) is 4. The van der Waals surface area contributed by atoms with E-state index in [1.165, 1.54) is 6.07 Å². The number of pyridine rings is 2. The number of halogens is 1. The van der Waals surface area contributed by atoms with Gasteiger partial charge in [-0.1, -0.05) is 13.8 Å². The van der Waals surface area contributed by atoms with E-state index in [1.807, 2.05) is 19.9 Å². The Bertz CT molecular complexity index is 798. The number of ether oxygens (including phenoxy) is 1. The van der Waals surface area contributed by atoms with Gasteiger partial charge in [-0.15, -0.1) is 0 Å². The molecule has 8 heteroatoms. The molecule has 7 nitrogen and oxygen atoms in total. The summed E-state index contributed by atoms with van der Waals surface area (Å²) < 4.78 is 19.9. The van der Waals surface area contributed by atoms with E-state index in [9.17, 15) is 4.39 Å². The predicted octanol–water partition coefficient (Wildman–Crippen LogP) is 2.73. The first-order valence-electron chi connectivity index (χ1n) is 10.3. The maximum Gasteiger partial charge on any atom is 0.136 e. The number of morpholine rings is 1. The van der Waals surface area contributed by atoms with Crippen LogP contribution in [0.3, 0.4) is 0 Å². The molecule has 0 aliphatic carbocycles. The highest BCUT2D eigenvalue weighted by Gasteiger charge is 2.18. The highest BCUT2D eigenvalue weighted by molar-refractivity contribution is 5.65. The molecule has 2 aromatic rings. The lowest BCUT2D eigenvalue weighted by atomic mass is 10.1. The van der Waals surface area contributed by atoms with Crippen LogP contribution in [0.2, 0.25) is 0 Å². The first-order valence-corrected chi connectivity index (χ1v) is 10.3. The van der Waals surface area contributed by atoms with Crippen molar-refractivity contribution >= 4 is 23.1 Å². The van der Waals surface area contributed by atoms with Crippen molar-refractivity contribution in [3.8, 4) is 0 Å². The van der Waals surface area contributed by atoms with E-state index in [0.29, 0.717) is 30.4 Å². The Hall–Kier alpha value is -2.45. The normalized spacial score (nSPS) is 17.7. The number of nitrogens with one attached hydrogen (secondary N) is 2. The summed E-state index contributed by atoms with van der Waals surface area (Å²) >= 11 is 0. The fourth-order valence-corrected chi connectivity index (χ4v) is 3.69. The topological polar surface area (TPSA) is 65.6 Å². The van der Waals surface area contributed by atoms with Crippen LogP contribution in [0.5, 0.6) is 0 Å². The van der Waals surface area contributed by atoms with Crippen LogP contribution in [0, 0.1) is 5.82 Å². The Kier molecular flexibility index (Phi) is 6.10. The van der Waals surface area contributed by atoms with Gasteiger partial charge in [-0.3, -0.25) is 0 Å². The first kappa shape index (κ1) is 19.8. The number of aromatic nitrogens is 2. The smallest absolute Gasteiger partial charge is 0.136 e. The van der Waals surface area contributed by atoms with E-state index in [2.05, 4.69) is 31.5 Å². The number of hydrogen-bond donors (Lipinski definition) is 2. The SMILES string of the molecule is CC(C)c1cnc(Nc2cc(N3CCNCC3)cc(N3CCOCC3)n2)cc1F. The minimum absolute atomic E-state index is 0.0960. The van der Waals surface area contributed by atoms with Crippen molar-refractivity contribution < 1.29 is 9.13 Å². The molecule has 4 rings (SSSR count). The van der Waals surface area contributed by atoms with Crippen molar-refractivity contribution in [3.63, 3.8) is 0 Å². The molecule has 156 valence electrons. The Labute approximate surface area is 171 Å². The van der Waals surface area contributed by atoms with Gasteiger partial charge in [0, 0.05) is 74.9 Å². The molecule has 2 aliphatic rings. The van der Waals surface area contributed by atoms with Crippen LogP contribution < -0.4 is 20.4 Å². The molecule has 0 radical (unpaired) electrons. The molecule has 29 heavy (non-hydrogen) atoms. The third kappa shape index (κ3) is 4.76. The summed E-state index contributed by atoms with van der Waals surface area (Å²) in [6, 6.07) is 5.60. The van der Waals surface area contributed by atoms with Crippen LogP contribution in [0.15, 0.2) is 24.4 Å². The van der Waals surface area contributed by atoms with Crippen molar-refractivity contribution in [1.82, 2.24) is 15.3 Å². The molecule has 2 fully saturated rings. The van der Waals surface area contributed by atoms with Gasteiger partial charge in [0.1, 0.15) is 23.3 Å². The molecular weight excluding hydrogens is 371 g/mol. The van der Waals surface area contributed by atoms with Gasteiger partial charge >= 0.3 is 0 Å². The summed E-state index contributed by atoms with van der Waals surface area (Å²) in [6.07, 6.45) is 1.60. The minimum atomic E-state index is -0.246. The van der Waals surface area contributed by atoms with Gasteiger partial charge in [0.25, 0.3) is 0 Å². The molecule has 2 aliphatic heterocycles. The summed E-state index contributed by atoms with van der Waals surface area (Å²) in [6.45, 7) is 10.8. The van der Waals surface area contributed by atoms with E-state index < -0.39 is 0 Å². The van der Waals surface area contributed by atoms with Crippen LogP contribution >= 0.6 is 0 Å². The second kappa shape index (κ2) is 8.92. The maximum atomic E-state index is 14.4. The summed E-state index contributed by atoms with van der Waals surface area (Å²) in [5.41, 5.74) is 1.73. The van der Waals surface area contributed by atoms with Crippen LogP contribution in [0.4, 0.5) is 27.5 Å². The largest absolute Gasteiger partial charge is 0.378 e. The molecular formula is C21H29FN6O. The van der Waals surface area contributed by atoms with E-state index >= 15 is 0 Å². The molecule has 0 amide bonds. The van der Waals surface area contributed by atoms with Crippen molar-refractivity contribution in [2.24, 2.45) is 0 Å². The molecule has 0 bridgehead atoms. The molecule has 0 saturated carbocycles. The van der Waals surface area contributed by atoms with Crippen molar-refractivity contribution in [2.45, 2.75) is 19.8 Å². The average molecular weight is 401 g/mol. The molecule has 2 N–H and O–H groups in total. The molecule has 0 spiro atoms. The monoisotopic (exact) mass is 400 g/mol. The summed E-state index contributed by atoms with van der Waals surface area (Å²) in [7, 11) is 0. The Morgan fingerprint density at radius 1 is 1.03 bits per heavy atom. The maximum absolute atomic E-state index is 14.4. The van der Waals surface area contributed by atoms with Crippen LogP contribution in [-0.4, -0.2) is 62.5 Å². The lowest BCUT2D eigenvalue weighted by Gasteiger charge is -2.32. The quantitative estimate of drug-likeness (QED) is 0.800.